The van der Waals surface area contributed by atoms with E-state index >= 15 is 0 Å². The van der Waals surface area contributed by atoms with Crippen molar-refractivity contribution in [2.24, 2.45) is 0 Å². The monoisotopic (exact) mass is 763 g/mol. The Labute approximate surface area is 254 Å². The van der Waals surface area contributed by atoms with Crippen molar-refractivity contribution >= 4 is 11.3 Å². The molecule has 6 rings (SSSR count). The molecular formula is C22H14N8PtY2-2. The summed E-state index contributed by atoms with van der Waals surface area (Å²) in [6, 6.07) is 24.7. The van der Waals surface area contributed by atoms with E-state index < -0.39 is 0 Å². The van der Waals surface area contributed by atoms with Gasteiger partial charge in [-0.25, -0.2) is 24.3 Å². The largest absolute Gasteiger partial charge is 0.292 e. The maximum Gasteiger partial charge on any atom is 0.168 e. The Morgan fingerprint density at radius 3 is 1.42 bits per heavy atom. The summed E-state index contributed by atoms with van der Waals surface area (Å²) in [5.74, 6) is 1.50. The second-order valence-electron chi connectivity index (χ2n) is 6.19. The van der Waals surface area contributed by atoms with Gasteiger partial charge in [-0.15, -0.1) is 20.4 Å². The van der Waals surface area contributed by atoms with Crippen LogP contribution in [0.15, 0.2) is 85.5 Å². The summed E-state index contributed by atoms with van der Waals surface area (Å²) in [5.41, 5.74) is 3.24. The van der Waals surface area contributed by atoms with Crippen molar-refractivity contribution in [1.82, 2.24) is 39.2 Å². The van der Waals surface area contributed by atoms with Crippen LogP contribution in [0.4, 0.5) is 0 Å². The molecule has 0 saturated carbocycles. The minimum Gasteiger partial charge on any atom is -0.292 e. The molecule has 0 aliphatic heterocycles. The number of fused-ring (bicyclic) bond motifs is 2. The predicted molar refractivity (Wildman–Crippen MR) is 110 cm³/mol. The molecule has 6 heterocycles. The normalized spacial score (nSPS) is 9.70. The molecule has 0 aromatic carbocycles. The first kappa shape index (κ1) is 27.7. The van der Waals surface area contributed by atoms with Crippen molar-refractivity contribution in [3.05, 3.63) is 97.6 Å². The zero-order valence-corrected chi connectivity index (χ0v) is 25.1. The average molecular weight is 763 g/mol. The molecule has 8 nitrogen and oxygen atoms in total. The zero-order valence-electron chi connectivity index (χ0n) is 17.1. The van der Waals surface area contributed by atoms with Crippen LogP contribution in [0, 0.1) is 12.1 Å². The van der Waals surface area contributed by atoms with Gasteiger partial charge < -0.3 is 0 Å². The van der Waals surface area contributed by atoms with Crippen LogP contribution in [0.3, 0.4) is 0 Å². The van der Waals surface area contributed by atoms with Gasteiger partial charge in [-0.05, 0) is 24.3 Å². The smallest absolute Gasteiger partial charge is 0.168 e. The fourth-order valence-electron chi connectivity index (χ4n) is 2.94. The van der Waals surface area contributed by atoms with Gasteiger partial charge in [0.1, 0.15) is 0 Å². The summed E-state index contributed by atoms with van der Waals surface area (Å²) in [5, 5.41) is 16.3. The molecule has 0 aliphatic carbocycles. The van der Waals surface area contributed by atoms with Crippen LogP contribution in [0.2, 0.25) is 0 Å². The molecule has 0 unspecified atom stereocenters. The van der Waals surface area contributed by atoms with Crippen LogP contribution in [-0.4, -0.2) is 39.2 Å². The molecule has 0 spiro atoms. The van der Waals surface area contributed by atoms with Gasteiger partial charge in [-0.3, -0.25) is 18.8 Å². The molecule has 11 heteroatoms. The molecule has 6 aromatic rings. The Bertz CT molecular complexity index is 1300. The third-order valence-electron chi connectivity index (χ3n) is 4.32. The van der Waals surface area contributed by atoms with Gasteiger partial charge in [0.05, 0.1) is 0 Å². The van der Waals surface area contributed by atoms with E-state index in [9.17, 15) is 0 Å². The minimum absolute atomic E-state index is 0. The van der Waals surface area contributed by atoms with Crippen molar-refractivity contribution in [3.63, 3.8) is 0 Å². The summed E-state index contributed by atoms with van der Waals surface area (Å²) in [4.78, 5) is 8.38. The molecule has 0 bridgehead atoms. The van der Waals surface area contributed by atoms with Crippen molar-refractivity contribution < 1.29 is 86.5 Å². The second kappa shape index (κ2) is 13.4. The number of aromatic nitrogens is 8. The third-order valence-corrected chi connectivity index (χ3v) is 4.32. The summed E-state index contributed by atoms with van der Waals surface area (Å²) >= 11 is 0. The van der Waals surface area contributed by atoms with Crippen molar-refractivity contribution in [2.75, 3.05) is 0 Å². The van der Waals surface area contributed by atoms with Gasteiger partial charge in [-0.1, -0.05) is 24.5 Å². The Morgan fingerprint density at radius 2 is 1.03 bits per heavy atom. The molecule has 0 N–H and O–H groups in total. The first-order valence-electron chi connectivity index (χ1n) is 9.14. The van der Waals surface area contributed by atoms with Crippen LogP contribution >= 0.6 is 0 Å². The van der Waals surface area contributed by atoms with E-state index in [-0.39, 0.29) is 86.5 Å². The summed E-state index contributed by atoms with van der Waals surface area (Å²) in [7, 11) is 0. The first-order valence-corrected chi connectivity index (χ1v) is 9.14. The Kier molecular flexibility index (Phi) is 11.2. The van der Waals surface area contributed by atoms with Crippen molar-refractivity contribution in [3.8, 4) is 23.0 Å². The van der Waals surface area contributed by atoms with E-state index in [0.717, 1.165) is 34.3 Å². The molecule has 0 saturated heterocycles. The van der Waals surface area contributed by atoms with Gasteiger partial charge >= 0.3 is 0 Å². The van der Waals surface area contributed by atoms with E-state index in [1.165, 1.54) is 0 Å². The molecule has 2 radical (unpaired) electrons. The van der Waals surface area contributed by atoms with E-state index in [4.69, 9.17) is 0 Å². The van der Waals surface area contributed by atoms with Gasteiger partial charge in [0.15, 0.2) is 22.9 Å². The van der Waals surface area contributed by atoms with Crippen LogP contribution in [0.25, 0.3) is 34.3 Å². The van der Waals surface area contributed by atoms with Gasteiger partial charge in [0.25, 0.3) is 0 Å². The maximum atomic E-state index is 4.19. The quantitative estimate of drug-likeness (QED) is 0.252. The Hall–Kier alpha value is -1.56. The van der Waals surface area contributed by atoms with Crippen LogP contribution in [0.5, 0.6) is 0 Å². The molecule has 33 heavy (non-hydrogen) atoms. The van der Waals surface area contributed by atoms with E-state index in [2.05, 4.69) is 42.5 Å². The zero-order chi connectivity index (χ0) is 20.2. The SMILES string of the molecule is [Pt].[Y].[Y].[c-]1ccc(-c2nnc3ccccn23)nc1.[c-]1ccc(-c2nnc3ccccn23)nc1. The summed E-state index contributed by atoms with van der Waals surface area (Å²) in [6.07, 6.45) is 7.09. The average Bonchev–Trinajstić information content (AvgIpc) is 3.45. The summed E-state index contributed by atoms with van der Waals surface area (Å²) < 4.78 is 3.81. The molecule has 0 fully saturated rings. The molecule has 160 valence electrons. The minimum atomic E-state index is 0. The van der Waals surface area contributed by atoms with Gasteiger partial charge in [-0.2, -0.15) is 12.1 Å². The molecular weight excluding hydrogens is 749 g/mol. The van der Waals surface area contributed by atoms with Crippen LogP contribution < -0.4 is 0 Å². The van der Waals surface area contributed by atoms with Crippen molar-refractivity contribution in [2.45, 2.75) is 0 Å². The molecule has 0 amide bonds. The number of rotatable bonds is 2. The third kappa shape index (κ3) is 6.31. The molecule has 0 aliphatic rings. The number of hydrogen-bond donors (Lipinski definition) is 0. The standard InChI is InChI=1S/2C11H7N4.Pt.2Y/c2*1-3-7-12-9(5-1)11-14-13-10-6-2-4-8-15(10)11;;;/h2*1-2,4-8H;;;/q2*-1;;;. The van der Waals surface area contributed by atoms with E-state index in [1.54, 1.807) is 12.4 Å². The number of hydrogen-bond acceptors (Lipinski definition) is 6. The number of pyridine rings is 4. The first-order chi connectivity index (χ1) is 14.9. The molecule has 6 aromatic heterocycles. The fraction of sp³-hybridized carbons (Fsp3) is 0. The predicted octanol–water partition coefficient (Wildman–Crippen LogP) is 3.18. The summed E-state index contributed by atoms with van der Waals surface area (Å²) in [6.45, 7) is 0. The van der Waals surface area contributed by atoms with Gasteiger partial charge in [0, 0.05) is 110 Å². The number of nitrogens with zero attached hydrogens (tertiary/aromatic N) is 8. The second-order valence-corrected chi connectivity index (χ2v) is 6.19. The van der Waals surface area contributed by atoms with Crippen LogP contribution in [0.1, 0.15) is 0 Å². The Balaban J connectivity index is 0.000000214. The van der Waals surface area contributed by atoms with Crippen molar-refractivity contribution in [1.29, 1.82) is 0 Å². The van der Waals surface area contributed by atoms with Gasteiger partial charge in [0.2, 0.25) is 0 Å². The van der Waals surface area contributed by atoms with E-state index in [0.29, 0.717) is 0 Å². The van der Waals surface area contributed by atoms with E-state index in [1.807, 2.05) is 81.9 Å². The molecule has 0 atom stereocenters. The fourth-order valence-corrected chi connectivity index (χ4v) is 2.94. The topological polar surface area (TPSA) is 86.2 Å². The maximum absolute atomic E-state index is 4.19. The van der Waals surface area contributed by atoms with Crippen LogP contribution in [-0.2, 0) is 86.5 Å². The Morgan fingerprint density at radius 1 is 0.576 bits per heavy atom.